The Kier molecular flexibility index (Phi) is 6.28. The first-order chi connectivity index (χ1) is 19.8. The first-order valence-corrected chi connectivity index (χ1v) is 14.8. The monoisotopic (exact) mass is 536 g/mol. The second-order valence-electron chi connectivity index (χ2n) is 12.5. The molecule has 0 spiro atoms. The molecule has 0 atom stereocenters. The maximum atomic E-state index is 13.5. The summed E-state index contributed by atoms with van der Waals surface area (Å²) in [6.45, 7) is 9.17. The number of nitrogens with zero attached hydrogens (tertiary/aromatic N) is 2. The van der Waals surface area contributed by atoms with Gasteiger partial charge in [0.1, 0.15) is 0 Å². The van der Waals surface area contributed by atoms with E-state index < -0.39 is 0 Å². The molecule has 7 rings (SSSR count). The van der Waals surface area contributed by atoms with Crippen LogP contribution in [0.2, 0.25) is 0 Å². The van der Waals surface area contributed by atoms with Crippen LogP contribution in [-0.2, 0) is 0 Å². The Morgan fingerprint density at radius 1 is 0.634 bits per heavy atom. The fourth-order valence-electron chi connectivity index (χ4n) is 6.63. The van der Waals surface area contributed by atoms with E-state index in [2.05, 4.69) is 123 Å². The summed E-state index contributed by atoms with van der Waals surface area (Å²) in [6.07, 6.45) is 2.35. The van der Waals surface area contributed by atoms with Gasteiger partial charge in [0.15, 0.2) is 0 Å². The highest BCUT2D eigenvalue weighted by atomic mass is 16.1. The van der Waals surface area contributed by atoms with Crippen molar-refractivity contribution in [1.29, 1.82) is 0 Å². The summed E-state index contributed by atoms with van der Waals surface area (Å²) >= 11 is 0. The highest BCUT2D eigenvalue weighted by Crippen LogP contribution is 2.34. The summed E-state index contributed by atoms with van der Waals surface area (Å²) in [5.74, 6) is 0.567. The summed E-state index contributed by atoms with van der Waals surface area (Å²) in [5, 5.41) is 5.74. The van der Waals surface area contributed by atoms with Gasteiger partial charge in [-0.05, 0) is 121 Å². The van der Waals surface area contributed by atoms with Gasteiger partial charge in [-0.25, -0.2) is 0 Å². The molecule has 0 aliphatic carbocycles. The maximum Gasteiger partial charge on any atom is 0.255 e. The molecule has 6 aromatic rings. The number of hydrogen-bond acceptors (Lipinski definition) is 2. The van der Waals surface area contributed by atoms with Gasteiger partial charge in [-0.1, -0.05) is 72.8 Å². The Bertz CT molecular complexity index is 1950. The number of fused-ring (bicyclic) bond motifs is 4. The molecule has 1 aromatic heterocycles. The van der Waals surface area contributed by atoms with Gasteiger partial charge < -0.3 is 0 Å². The lowest BCUT2D eigenvalue weighted by Gasteiger charge is -2.41. The maximum absolute atomic E-state index is 13.5. The predicted octanol–water partition coefficient (Wildman–Crippen LogP) is 8.94. The van der Waals surface area contributed by atoms with Crippen LogP contribution >= 0.6 is 0 Å². The number of rotatable bonds is 3. The van der Waals surface area contributed by atoms with Crippen molar-refractivity contribution in [2.24, 2.45) is 0 Å². The van der Waals surface area contributed by atoms with Gasteiger partial charge in [0.25, 0.3) is 5.56 Å². The highest BCUT2D eigenvalue weighted by Gasteiger charge is 2.27. The van der Waals surface area contributed by atoms with Crippen LogP contribution in [0.1, 0.15) is 45.1 Å². The fourth-order valence-corrected chi connectivity index (χ4v) is 6.63. The molecule has 2 heterocycles. The summed E-state index contributed by atoms with van der Waals surface area (Å²) < 4.78 is 1.90. The van der Waals surface area contributed by atoms with E-state index >= 15 is 0 Å². The van der Waals surface area contributed by atoms with E-state index in [1.165, 1.54) is 34.7 Å². The van der Waals surface area contributed by atoms with Crippen molar-refractivity contribution in [3.8, 4) is 16.8 Å². The Morgan fingerprint density at radius 2 is 1.24 bits per heavy atom. The quantitative estimate of drug-likeness (QED) is 0.211. The van der Waals surface area contributed by atoms with Gasteiger partial charge in [0.05, 0.1) is 5.52 Å². The van der Waals surface area contributed by atoms with Crippen LogP contribution in [0.4, 0.5) is 0 Å². The normalized spacial score (nSPS) is 15.2. The Balaban J connectivity index is 1.30. The Morgan fingerprint density at radius 3 is 1.98 bits per heavy atom. The molecule has 1 saturated heterocycles. The standard InChI is InChI=1S/C38H36N2O/c1-38(2,3)39-22-20-28(21-23-39)27-14-17-34(18-15-27)40-36(41)19-16-30-11-9-29-10-13-33(25-35(29)37(30)40)32-12-8-26-6-4-5-7-31(26)24-32/h4-19,24-25,28H,20-23H2,1-3H3. The minimum Gasteiger partial charge on any atom is -0.298 e. The molecule has 204 valence electrons. The number of aromatic nitrogens is 1. The van der Waals surface area contributed by atoms with E-state index in [0.717, 1.165) is 46.0 Å². The summed E-state index contributed by atoms with van der Waals surface area (Å²) in [7, 11) is 0. The van der Waals surface area contributed by atoms with Crippen LogP contribution in [0.25, 0.3) is 49.3 Å². The summed E-state index contributed by atoms with van der Waals surface area (Å²) in [4.78, 5) is 16.0. The highest BCUT2D eigenvalue weighted by molar-refractivity contribution is 6.07. The summed E-state index contributed by atoms with van der Waals surface area (Å²) in [6, 6.07) is 38.4. The zero-order valence-electron chi connectivity index (χ0n) is 24.1. The van der Waals surface area contributed by atoms with E-state index in [4.69, 9.17) is 0 Å². The number of benzene rings is 5. The van der Waals surface area contributed by atoms with Crippen LogP contribution in [0.15, 0.2) is 114 Å². The molecule has 1 fully saturated rings. The molecule has 0 bridgehead atoms. The van der Waals surface area contributed by atoms with Crippen molar-refractivity contribution < 1.29 is 0 Å². The zero-order valence-corrected chi connectivity index (χ0v) is 24.1. The number of hydrogen-bond donors (Lipinski definition) is 0. The van der Waals surface area contributed by atoms with Crippen LogP contribution in [0.3, 0.4) is 0 Å². The number of likely N-dealkylation sites (tertiary alicyclic amines) is 1. The Labute approximate surface area is 241 Å². The van der Waals surface area contributed by atoms with E-state index in [9.17, 15) is 4.79 Å². The lowest BCUT2D eigenvalue weighted by molar-refractivity contribution is 0.102. The third-order valence-electron chi connectivity index (χ3n) is 9.02. The van der Waals surface area contributed by atoms with E-state index in [1.54, 1.807) is 6.07 Å². The van der Waals surface area contributed by atoms with Crippen molar-refractivity contribution in [3.05, 3.63) is 125 Å². The molecule has 1 aliphatic heterocycles. The lowest BCUT2D eigenvalue weighted by atomic mass is 9.87. The molecule has 3 heteroatoms. The van der Waals surface area contributed by atoms with Crippen LogP contribution in [0, 0.1) is 0 Å². The molecule has 0 amide bonds. The first-order valence-electron chi connectivity index (χ1n) is 14.8. The van der Waals surface area contributed by atoms with Crippen molar-refractivity contribution in [2.45, 2.75) is 45.1 Å². The van der Waals surface area contributed by atoms with Gasteiger partial charge in [0, 0.05) is 22.7 Å². The SMILES string of the molecule is CC(C)(C)N1CCC(c2ccc(-n3c(=O)ccc4ccc5ccc(-c6ccc7ccccc7c6)cc5c43)cc2)CC1. The minimum absolute atomic E-state index is 0.00709. The van der Waals surface area contributed by atoms with E-state index in [0.29, 0.717) is 5.92 Å². The van der Waals surface area contributed by atoms with E-state index in [-0.39, 0.29) is 11.1 Å². The summed E-state index contributed by atoms with van der Waals surface area (Å²) in [5.41, 5.74) is 5.79. The second-order valence-corrected chi connectivity index (χ2v) is 12.5. The van der Waals surface area contributed by atoms with Crippen LogP contribution in [-0.4, -0.2) is 28.1 Å². The van der Waals surface area contributed by atoms with Crippen molar-refractivity contribution >= 4 is 32.4 Å². The van der Waals surface area contributed by atoms with Gasteiger partial charge in [-0.2, -0.15) is 0 Å². The van der Waals surface area contributed by atoms with Crippen molar-refractivity contribution in [2.75, 3.05) is 13.1 Å². The molecule has 1 aliphatic rings. The first kappa shape index (κ1) is 25.7. The Hall–Kier alpha value is -4.21. The molecular weight excluding hydrogens is 500 g/mol. The number of piperidine rings is 1. The molecule has 3 nitrogen and oxygen atoms in total. The smallest absolute Gasteiger partial charge is 0.255 e. The molecule has 0 unspecified atom stereocenters. The molecular formula is C38H36N2O. The average Bonchev–Trinajstić information content (AvgIpc) is 3.00. The third-order valence-corrected chi connectivity index (χ3v) is 9.02. The number of pyridine rings is 1. The van der Waals surface area contributed by atoms with Crippen LogP contribution in [0.5, 0.6) is 0 Å². The zero-order chi connectivity index (χ0) is 28.1. The van der Waals surface area contributed by atoms with Crippen molar-refractivity contribution in [1.82, 2.24) is 9.47 Å². The third kappa shape index (κ3) is 4.75. The topological polar surface area (TPSA) is 25.2 Å². The fraction of sp³-hybridized carbons (Fsp3) is 0.237. The molecule has 41 heavy (non-hydrogen) atoms. The largest absolute Gasteiger partial charge is 0.298 e. The van der Waals surface area contributed by atoms with Crippen LogP contribution < -0.4 is 5.56 Å². The lowest BCUT2D eigenvalue weighted by Crippen LogP contribution is -2.45. The van der Waals surface area contributed by atoms with Gasteiger partial charge in [-0.15, -0.1) is 0 Å². The van der Waals surface area contributed by atoms with Gasteiger partial charge in [0.2, 0.25) is 0 Å². The van der Waals surface area contributed by atoms with Gasteiger partial charge >= 0.3 is 0 Å². The predicted molar refractivity (Wildman–Crippen MR) is 173 cm³/mol. The minimum atomic E-state index is -0.00709. The molecule has 5 aromatic carbocycles. The van der Waals surface area contributed by atoms with E-state index in [1.807, 2.05) is 10.6 Å². The molecule has 0 N–H and O–H groups in total. The van der Waals surface area contributed by atoms with Crippen molar-refractivity contribution in [3.63, 3.8) is 0 Å². The average molecular weight is 537 g/mol. The molecule has 0 radical (unpaired) electrons. The molecule has 0 saturated carbocycles. The second kappa shape index (κ2) is 10.0. The van der Waals surface area contributed by atoms with Gasteiger partial charge in [-0.3, -0.25) is 14.3 Å².